The quantitative estimate of drug-likeness (QED) is 0.864. The average molecular weight is 278 g/mol. The molecule has 1 aliphatic heterocycles. The molecule has 110 valence electrons. The lowest BCUT2D eigenvalue weighted by Gasteiger charge is -2.30. The molecule has 1 heterocycles. The Morgan fingerprint density at radius 1 is 1.30 bits per heavy atom. The van der Waals surface area contributed by atoms with E-state index in [1.54, 1.807) is 18.2 Å². The van der Waals surface area contributed by atoms with Gasteiger partial charge in [0.05, 0.1) is 0 Å². The molecule has 2 rings (SSSR count). The normalized spacial score (nSPS) is 12.8. The second-order valence-electron chi connectivity index (χ2n) is 4.83. The molecule has 5 nitrogen and oxygen atoms in total. The van der Waals surface area contributed by atoms with Crippen molar-refractivity contribution in [2.45, 2.75) is 32.7 Å². The lowest BCUT2D eigenvalue weighted by Crippen LogP contribution is -2.42. The lowest BCUT2D eigenvalue weighted by molar-refractivity contribution is 0.0674. The molecule has 0 aromatic heterocycles. The molecule has 0 radical (unpaired) electrons. The highest BCUT2D eigenvalue weighted by Crippen LogP contribution is 2.33. The summed E-state index contributed by atoms with van der Waals surface area (Å²) in [7, 11) is 0. The van der Waals surface area contributed by atoms with Crippen LogP contribution < -0.4 is 15.2 Å². The highest BCUT2D eigenvalue weighted by atomic mass is 16.7. The molecule has 0 bridgehead atoms. The number of hydrogen-bond acceptors (Lipinski definition) is 4. The summed E-state index contributed by atoms with van der Waals surface area (Å²) in [6.45, 7) is 5.42. The summed E-state index contributed by atoms with van der Waals surface area (Å²) in [5, 5.41) is 0. The molecule has 5 heteroatoms. The summed E-state index contributed by atoms with van der Waals surface area (Å²) in [5.74, 6) is 1.32. The summed E-state index contributed by atoms with van der Waals surface area (Å²) < 4.78 is 10.6. The number of rotatable bonds is 6. The lowest BCUT2D eigenvalue weighted by atomic mass is 10.1. The maximum atomic E-state index is 12.7. The van der Waals surface area contributed by atoms with Gasteiger partial charge in [0.1, 0.15) is 0 Å². The first-order valence-electron chi connectivity index (χ1n) is 7.11. The summed E-state index contributed by atoms with van der Waals surface area (Å²) in [5.41, 5.74) is 6.26. The fourth-order valence-corrected chi connectivity index (χ4v) is 2.51. The van der Waals surface area contributed by atoms with Crippen LogP contribution in [0.15, 0.2) is 18.2 Å². The van der Waals surface area contributed by atoms with Crippen LogP contribution in [0.3, 0.4) is 0 Å². The highest BCUT2D eigenvalue weighted by Gasteiger charge is 2.23. The Hall–Kier alpha value is -1.75. The zero-order valence-electron chi connectivity index (χ0n) is 12.1. The number of nitrogens with two attached hydrogens (primary N) is 1. The van der Waals surface area contributed by atoms with Crippen molar-refractivity contribution in [3.05, 3.63) is 23.8 Å². The minimum Gasteiger partial charge on any atom is -0.454 e. The third kappa shape index (κ3) is 2.88. The van der Waals surface area contributed by atoms with Crippen molar-refractivity contribution < 1.29 is 14.3 Å². The second kappa shape index (κ2) is 6.61. The summed E-state index contributed by atoms with van der Waals surface area (Å²) in [6.07, 6.45) is 1.85. The Bertz CT molecular complexity index is 472. The van der Waals surface area contributed by atoms with Gasteiger partial charge in [0.25, 0.3) is 5.91 Å². The molecule has 0 fully saturated rings. The highest BCUT2D eigenvalue weighted by molar-refractivity contribution is 5.95. The van der Waals surface area contributed by atoms with Gasteiger partial charge in [-0.15, -0.1) is 0 Å². The first-order chi connectivity index (χ1) is 9.71. The van der Waals surface area contributed by atoms with Crippen LogP contribution in [0.4, 0.5) is 0 Å². The van der Waals surface area contributed by atoms with E-state index in [1.165, 1.54) is 0 Å². The van der Waals surface area contributed by atoms with Crippen LogP contribution in [-0.2, 0) is 0 Å². The van der Waals surface area contributed by atoms with Crippen molar-refractivity contribution in [3.8, 4) is 11.5 Å². The molecule has 1 aromatic rings. The van der Waals surface area contributed by atoms with E-state index in [1.807, 2.05) is 4.90 Å². The van der Waals surface area contributed by atoms with Crippen LogP contribution >= 0.6 is 0 Å². The molecule has 1 amide bonds. The van der Waals surface area contributed by atoms with Crippen LogP contribution in [0, 0.1) is 0 Å². The van der Waals surface area contributed by atoms with Gasteiger partial charge in [0.15, 0.2) is 11.5 Å². The molecule has 0 atom stereocenters. The molecule has 2 N–H and O–H groups in total. The van der Waals surface area contributed by atoms with Gasteiger partial charge in [0, 0.05) is 24.7 Å². The van der Waals surface area contributed by atoms with E-state index < -0.39 is 0 Å². The number of nitrogens with zero attached hydrogens (tertiary/aromatic N) is 1. The summed E-state index contributed by atoms with van der Waals surface area (Å²) in [4.78, 5) is 14.5. The van der Waals surface area contributed by atoms with Crippen LogP contribution in [0.1, 0.15) is 37.0 Å². The minimum absolute atomic E-state index is 0.00227. The number of benzene rings is 1. The Balaban J connectivity index is 2.22. The van der Waals surface area contributed by atoms with E-state index >= 15 is 0 Å². The molecular formula is C15H22N2O3. The molecule has 20 heavy (non-hydrogen) atoms. The predicted octanol–water partition coefficient (Wildman–Crippen LogP) is 2.00. The van der Waals surface area contributed by atoms with Gasteiger partial charge in [-0.1, -0.05) is 13.8 Å². The molecule has 0 aliphatic carbocycles. The molecule has 0 saturated heterocycles. The smallest absolute Gasteiger partial charge is 0.254 e. The molecular weight excluding hydrogens is 256 g/mol. The number of ether oxygens (including phenoxy) is 2. The summed E-state index contributed by atoms with van der Waals surface area (Å²) >= 11 is 0. The fraction of sp³-hybridized carbons (Fsp3) is 0.533. The van der Waals surface area contributed by atoms with Gasteiger partial charge in [-0.3, -0.25) is 4.79 Å². The Kier molecular flexibility index (Phi) is 4.84. The van der Waals surface area contributed by atoms with E-state index in [0.717, 1.165) is 12.8 Å². The van der Waals surface area contributed by atoms with Crippen molar-refractivity contribution in [3.63, 3.8) is 0 Å². The number of carbonyl (C=O) groups is 1. The van der Waals surface area contributed by atoms with E-state index in [-0.39, 0.29) is 18.7 Å². The van der Waals surface area contributed by atoms with E-state index in [9.17, 15) is 4.79 Å². The predicted molar refractivity (Wildman–Crippen MR) is 77.0 cm³/mol. The molecule has 0 saturated carbocycles. The fourth-order valence-electron chi connectivity index (χ4n) is 2.51. The average Bonchev–Trinajstić information content (AvgIpc) is 2.94. The van der Waals surface area contributed by atoms with Gasteiger partial charge in [0.2, 0.25) is 6.79 Å². The zero-order valence-corrected chi connectivity index (χ0v) is 12.1. The van der Waals surface area contributed by atoms with Crippen LogP contribution in [-0.4, -0.2) is 36.7 Å². The van der Waals surface area contributed by atoms with Crippen LogP contribution in [0.25, 0.3) is 0 Å². The van der Waals surface area contributed by atoms with Crippen molar-refractivity contribution in [1.82, 2.24) is 4.90 Å². The third-order valence-electron chi connectivity index (χ3n) is 3.63. The van der Waals surface area contributed by atoms with Gasteiger partial charge in [-0.25, -0.2) is 0 Å². The van der Waals surface area contributed by atoms with Gasteiger partial charge < -0.3 is 20.1 Å². The minimum atomic E-state index is 0.00227. The SMILES string of the molecule is CCC(CC)N(CCN)C(=O)c1ccc2c(c1)OCO2. The monoisotopic (exact) mass is 278 g/mol. The van der Waals surface area contributed by atoms with Crippen molar-refractivity contribution in [2.75, 3.05) is 19.9 Å². The standard InChI is InChI=1S/C15H22N2O3/c1-3-12(4-2)17(8-7-16)15(18)11-5-6-13-14(9-11)20-10-19-13/h5-6,9,12H,3-4,7-8,10,16H2,1-2H3. The first-order valence-corrected chi connectivity index (χ1v) is 7.11. The van der Waals surface area contributed by atoms with Gasteiger partial charge in [-0.05, 0) is 31.0 Å². The Morgan fingerprint density at radius 3 is 2.65 bits per heavy atom. The van der Waals surface area contributed by atoms with Crippen LogP contribution in [0.2, 0.25) is 0 Å². The molecule has 0 spiro atoms. The molecule has 1 aliphatic rings. The number of carbonyl (C=O) groups excluding carboxylic acids is 1. The van der Waals surface area contributed by atoms with Gasteiger partial charge >= 0.3 is 0 Å². The second-order valence-corrected chi connectivity index (χ2v) is 4.83. The third-order valence-corrected chi connectivity index (χ3v) is 3.63. The maximum absolute atomic E-state index is 12.7. The summed E-state index contributed by atoms with van der Waals surface area (Å²) in [6, 6.07) is 5.53. The van der Waals surface area contributed by atoms with Crippen molar-refractivity contribution in [1.29, 1.82) is 0 Å². The van der Waals surface area contributed by atoms with Crippen molar-refractivity contribution in [2.24, 2.45) is 5.73 Å². The zero-order chi connectivity index (χ0) is 14.5. The number of fused-ring (bicyclic) bond motifs is 1. The first kappa shape index (κ1) is 14.7. The van der Waals surface area contributed by atoms with Crippen molar-refractivity contribution >= 4 is 5.91 Å². The van der Waals surface area contributed by atoms with E-state index in [2.05, 4.69) is 13.8 Å². The number of hydrogen-bond donors (Lipinski definition) is 1. The van der Waals surface area contributed by atoms with E-state index in [4.69, 9.17) is 15.2 Å². The largest absolute Gasteiger partial charge is 0.454 e. The van der Waals surface area contributed by atoms with Crippen LogP contribution in [0.5, 0.6) is 11.5 Å². The Labute approximate surface area is 119 Å². The van der Waals surface area contributed by atoms with E-state index in [0.29, 0.717) is 30.2 Å². The topological polar surface area (TPSA) is 64.8 Å². The van der Waals surface area contributed by atoms with Gasteiger partial charge in [-0.2, -0.15) is 0 Å². The number of amides is 1. The molecule has 1 aromatic carbocycles. The molecule has 0 unspecified atom stereocenters. The maximum Gasteiger partial charge on any atom is 0.254 e. The Morgan fingerprint density at radius 2 is 2.00 bits per heavy atom.